The first-order valence-corrected chi connectivity index (χ1v) is 9.75. The molecule has 2 N–H and O–H groups in total. The Morgan fingerprint density at radius 3 is 2.31 bits per heavy atom. The molecule has 4 aromatic rings. The van der Waals surface area contributed by atoms with Crippen LogP contribution in [0.1, 0.15) is 0 Å². The Labute approximate surface area is 173 Å². The molecule has 0 aliphatic heterocycles. The number of para-hydroxylation sites is 3. The third-order valence-electron chi connectivity index (χ3n) is 4.19. The molecule has 6 nitrogen and oxygen atoms in total. The van der Waals surface area contributed by atoms with Crippen LogP contribution in [0.5, 0.6) is 5.75 Å². The van der Waals surface area contributed by atoms with E-state index in [4.69, 9.17) is 15.5 Å². The second-order valence-electron chi connectivity index (χ2n) is 6.08. The van der Waals surface area contributed by atoms with Gasteiger partial charge in [-0.05, 0) is 24.3 Å². The molecule has 1 heterocycles. The van der Waals surface area contributed by atoms with Gasteiger partial charge in [0.15, 0.2) is 5.82 Å². The fourth-order valence-electron chi connectivity index (χ4n) is 2.83. The second-order valence-corrected chi connectivity index (χ2v) is 6.81. The number of benzene rings is 3. The minimum absolute atomic E-state index is 0.275. The molecular weight excluding hydrogens is 382 g/mol. The van der Waals surface area contributed by atoms with Crippen LogP contribution in [-0.4, -0.2) is 22.4 Å². The number of nitrogens with two attached hydrogens (primary N) is 1. The number of rotatable bonds is 5. The summed E-state index contributed by atoms with van der Waals surface area (Å²) >= 11 is 1.25. The number of hydrogen-bond donors (Lipinski definition) is 1. The van der Waals surface area contributed by atoms with Crippen molar-refractivity contribution in [1.29, 1.82) is 0 Å². The van der Waals surface area contributed by atoms with Crippen LogP contribution in [0.15, 0.2) is 89.9 Å². The topological polar surface area (TPSA) is 76.6 Å². The van der Waals surface area contributed by atoms with Gasteiger partial charge in [0, 0.05) is 17.1 Å². The van der Waals surface area contributed by atoms with Crippen LogP contribution in [0.4, 0.5) is 16.5 Å². The highest BCUT2D eigenvalue weighted by atomic mass is 32.1. The summed E-state index contributed by atoms with van der Waals surface area (Å²) in [5, 5.41) is 0.602. The van der Waals surface area contributed by atoms with Crippen molar-refractivity contribution in [1.82, 2.24) is 9.36 Å². The van der Waals surface area contributed by atoms with Gasteiger partial charge < -0.3 is 10.5 Å². The van der Waals surface area contributed by atoms with Crippen molar-refractivity contribution >= 4 is 34.0 Å². The Hall–Kier alpha value is -3.71. The van der Waals surface area contributed by atoms with Crippen molar-refractivity contribution < 1.29 is 4.74 Å². The van der Waals surface area contributed by atoms with Gasteiger partial charge in [0.25, 0.3) is 0 Å². The first kappa shape index (κ1) is 18.6. The van der Waals surface area contributed by atoms with Gasteiger partial charge in [-0.3, -0.25) is 4.90 Å². The molecule has 4 rings (SSSR count). The van der Waals surface area contributed by atoms with Gasteiger partial charge in [-0.15, -0.1) is 0 Å². The molecule has 0 amide bonds. The van der Waals surface area contributed by atoms with Gasteiger partial charge in [-0.1, -0.05) is 60.7 Å². The molecule has 3 aromatic carbocycles. The van der Waals surface area contributed by atoms with E-state index in [9.17, 15) is 0 Å². The lowest BCUT2D eigenvalue weighted by atomic mass is 10.2. The lowest BCUT2D eigenvalue weighted by molar-refractivity contribution is 0.416. The van der Waals surface area contributed by atoms with Crippen molar-refractivity contribution in [2.45, 2.75) is 0 Å². The van der Waals surface area contributed by atoms with E-state index in [0.29, 0.717) is 16.7 Å². The molecule has 0 aliphatic carbocycles. The molecule has 0 unspecified atom stereocenters. The molecule has 0 spiro atoms. The third kappa shape index (κ3) is 4.09. The first-order chi connectivity index (χ1) is 14.3. The van der Waals surface area contributed by atoms with E-state index in [0.717, 1.165) is 16.9 Å². The summed E-state index contributed by atoms with van der Waals surface area (Å²) in [4.78, 5) is 11.0. The fourth-order valence-corrected chi connectivity index (χ4v) is 3.55. The van der Waals surface area contributed by atoms with E-state index in [1.165, 1.54) is 11.5 Å². The molecular formula is C22H19N5OS. The van der Waals surface area contributed by atoms with Crippen molar-refractivity contribution in [2.75, 3.05) is 12.0 Å². The summed E-state index contributed by atoms with van der Waals surface area (Å²) in [5.74, 6) is 1.57. The number of nitrogens with zero attached hydrogens (tertiary/aromatic N) is 4. The number of guanidine groups is 1. The minimum atomic E-state index is 0.275. The largest absolute Gasteiger partial charge is 0.495 e. The van der Waals surface area contributed by atoms with Crippen molar-refractivity contribution in [3.63, 3.8) is 0 Å². The zero-order valence-corrected chi connectivity index (χ0v) is 16.6. The van der Waals surface area contributed by atoms with Crippen molar-refractivity contribution in [3.05, 3.63) is 84.9 Å². The van der Waals surface area contributed by atoms with E-state index < -0.39 is 0 Å². The summed E-state index contributed by atoms with van der Waals surface area (Å²) < 4.78 is 10.1. The van der Waals surface area contributed by atoms with Crippen molar-refractivity contribution in [2.24, 2.45) is 10.7 Å². The number of methoxy groups -OCH3 is 1. The summed E-state index contributed by atoms with van der Waals surface area (Å²) in [6.07, 6.45) is 0. The number of aliphatic imine (C=N–C) groups is 1. The Morgan fingerprint density at radius 1 is 0.931 bits per heavy atom. The Morgan fingerprint density at radius 2 is 1.59 bits per heavy atom. The molecule has 0 atom stereocenters. The second kappa shape index (κ2) is 8.53. The van der Waals surface area contributed by atoms with Crippen LogP contribution in [0, 0.1) is 0 Å². The summed E-state index contributed by atoms with van der Waals surface area (Å²) in [6.45, 7) is 0. The number of aromatic nitrogens is 2. The lowest BCUT2D eigenvalue weighted by Gasteiger charge is -2.22. The maximum atomic E-state index is 6.44. The normalized spacial score (nSPS) is 11.3. The number of anilines is 2. The highest BCUT2D eigenvalue weighted by Gasteiger charge is 2.22. The standard InChI is InChI=1S/C22H19N5OS/c1-28-19-15-9-8-14-18(19)27(21(23)24-17-12-6-3-7-13-17)22-25-20(26-29-22)16-10-4-2-5-11-16/h2-15H,1H3,(H2,23,24). The molecule has 0 fully saturated rings. The van der Waals surface area contributed by atoms with E-state index in [1.54, 1.807) is 12.0 Å². The minimum Gasteiger partial charge on any atom is -0.495 e. The van der Waals surface area contributed by atoms with E-state index in [-0.39, 0.29) is 5.96 Å². The lowest BCUT2D eigenvalue weighted by Crippen LogP contribution is -2.33. The highest BCUT2D eigenvalue weighted by Crippen LogP contribution is 2.35. The van der Waals surface area contributed by atoms with Crippen LogP contribution >= 0.6 is 11.5 Å². The van der Waals surface area contributed by atoms with Gasteiger partial charge in [0.2, 0.25) is 11.1 Å². The zero-order valence-electron chi connectivity index (χ0n) is 15.8. The predicted octanol–water partition coefficient (Wildman–Crippen LogP) is 5.00. The summed E-state index contributed by atoms with van der Waals surface area (Å²) in [7, 11) is 1.62. The third-order valence-corrected chi connectivity index (χ3v) is 4.89. The molecule has 0 saturated carbocycles. The molecule has 0 bridgehead atoms. The van der Waals surface area contributed by atoms with E-state index in [1.807, 2.05) is 84.9 Å². The van der Waals surface area contributed by atoms with Crippen LogP contribution in [0.2, 0.25) is 0 Å². The van der Waals surface area contributed by atoms with Crippen LogP contribution in [0.3, 0.4) is 0 Å². The van der Waals surface area contributed by atoms with Gasteiger partial charge in [0.1, 0.15) is 5.75 Å². The Balaban J connectivity index is 1.81. The maximum absolute atomic E-state index is 6.44. The SMILES string of the molecule is COc1ccccc1N(C(N)=Nc1ccccc1)c1nc(-c2ccccc2)ns1. The van der Waals surface area contributed by atoms with E-state index >= 15 is 0 Å². The molecule has 0 radical (unpaired) electrons. The van der Waals surface area contributed by atoms with Gasteiger partial charge in [-0.2, -0.15) is 9.36 Å². The predicted molar refractivity (Wildman–Crippen MR) is 118 cm³/mol. The average molecular weight is 401 g/mol. The Kier molecular flexibility index (Phi) is 5.49. The van der Waals surface area contributed by atoms with Gasteiger partial charge in [-0.25, -0.2) is 4.99 Å². The van der Waals surface area contributed by atoms with Crippen LogP contribution < -0.4 is 15.4 Å². The molecule has 144 valence electrons. The number of ether oxygens (including phenoxy) is 1. The maximum Gasteiger partial charge on any atom is 0.217 e. The molecule has 29 heavy (non-hydrogen) atoms. The number of hydrogen-bond acceptors (Lipinski definition) is 5. The van der Waals surface area contributed by atoms with Gasteiger partial charge in [0.05, 0.1) is 18.5 Å². The highest BCUT2D eigenvalue weighted by molar-refractivity contribution is 7.10. The van der Waals surface area contributed by atoms with E-state index in [2.05, 4.69) is 9.37 Å². The first-order valence-electron chi connectivity index (χ1n) is 8.98. The Bertz CT molecular complexity index is 1110. The monoisotopic (exact) mass is 401 g/mol. The summed E-state index contributed by atoms with van der Waals surface area (Å²) in [6, 6.07) is 27.0. The quantitative estimate of drug-likeness (QED) is 0.376. The zero-order chi connectivity index (χ0) is 20.1. The summed E-state index contributed by atoms with van der Waals surface area (Å²) in [5.41, 5.74) is 8.87. The molecule has 0 aliphatic rings. The average Bonchev–Trinajstić information content (AvgIpc) is 3.25. The van der Waals surface area contributed by atoms with Crippen LogP contribution in [-0.2, 0) is 0 Å². The van der Waals surface area contributed by atoms with Crippen LogP contribution in [0.25, 0.3) is 11.4 Å². The van der Waals surface area contributed by atoms with Crippen molar-refractivity contribution in [3.8, 4) is 17.1 Å². The molecule has 7 heteroatoms. The molecule has 0 saturated heterocycles. The smallest absolute Gasteiger partial charge is 0.217 e. The van der Waals surface area contributed by atoms with Gasteiger partial charge >= 0.3 is 0 Å². The fraction of sp³-hybridized carbons (Fsp3) is 0.0455. The molecule has 1 aromatic heterocycles.